The zero-order valence-electron chi connectivity index (χ0n) is 19.7. The van der Waals surface area contributed by atoms with E-state index < -0.39 is 35.2 Å². The first-order valence-corrected chi connectivity index (χ1v) is 11.4. The maximum absolute atomic E-state index is 13.4. The van der Waals surface area contributed by atoms with Crippen molar-refractivity contribution < 1.29 is 32.6 Å². The van der Waals surface area contributed by atoms with Crippen molar-refractivity contribution in [1.82, 2.24) is 0 Å². The predicted molar refractivity (Wildman–Crippen MR) is 130 cm³/mol. The second-order valence-electron chi connectivity index (χ2n) is 8.50. The van der Waals surface area contributed by atoms with Gasteiger partial charge in [0.2, 0.25) is 0 Å². The summed E-state index contributed by atoms with van der Waals surface area (Å²) in [6.45, 7) is 4.30. The number of carbonyl (C=O) groups is 2. The molecule has 1 unspecified atom stereocenters. The van der Waals surface area contributed by atoms with Crippen molar-refractivity contribution in [3.8, 4) is 5.75 Å². The number of alkyl halides is 3. The Morgan fingerprint density at radius 2 is 1.69 bits per heavy atom. The fraction of sp³-hybridized carbons (Fsp3) is 0.214. The minimum atomic E-state index is -4.63. The number of benzene rings is 3. The highest BCUT2D eigenvalue weighted by atomic mass is 19.4. The van der Waals surface area contributed by atoms with Gasteiger partial charge in [-0.05, 0) is 61.4 Å². The lowest BCUT2D eigenvalue weighted by Crippen LogP contribution is -2.29. The van der Waals surface area contributed by atoms with Gasteiger partial charge in [0.05, 0.1) is 23.8 Å². The number of hydrogen-bond donors (Lipinski definition) is 1. The van der Waals surface area contributed by atoms with Crippen LogP contribution in [0.4, 0.5) is 18.9 Å². The van der Waals surface area contributed by atoms with Crippen LogP contribution in [-0.2, 0) is 15.8 Å². The Hall–Kier alpha value is -4.07. The summed E-state index contributed by atoms with van der Waals surface area (Å²) < 4.78 is 45.8. The van der Waals surface area contributed by atoms with Gasteiger partial charge < -0.3 is 9.84 Å². The van der Waals surface area contributed by atoms with Gasteiger partial charge in [0.1, 0.15) is 11.5 Å². The number of amides is 1. The fourth-order valence-electron chi connectivity index (χ4n) is 4.17. The van der Waals surface area contributed by atoms with Gasteiger partial charge in [-0.15, -0.1) is 0 Å². The molecule has 8 heteroatoms. The molecular weight excluding hydrogens is 471 g/mol. The van der Waals surface area contributed by atoms with Gasteiger partial charge in [-0.2, -0.15) is 13.2 Å². The molecule has 4 rings (SSSR count). The monoisotopic (exact) mass is 495 g/mol. The van der Waals surface area contributed by atoms with Crippen LogP contribution in [0.2, 0.25) is 0 Å². The summed E-state index contributed by atoms with van der Waals surface area (Å²) in [6.07, 6.45) is -3.82. The lowest BCUT2D eigenvalue weighted by atomic mass is 9.94. The highest BCUT2D eigenvalue weighted by Gasteiger charge is 2.47. The van der Waals surface area contributed by atoms with Crippen LogP contribution in [0.1, 0.15) is 41.6 Å². The van der Waals surface area contributed by atoms with Gasteiger partial charge in [-0.25, -0.2) is 0 Å². The first-order chi connectivity index (χ1) is 17.1. The fourth-order valence-corrected chi connectivity index (χ4v) is 4.17. The number of aliphatic hydroxyl groups excluding tert-OH is 1. The van der Waals surface area contributed by atoms with Crippen molar-refractivity contribution in [2.75, 3.05) is 11.5 Å². The van der Waals surface area contributed by atoms with Gasteiger partial charge in [0, 0.05) is 11.3 Å². The van der Waals surface area contributed by atoms with Crippen molar-refractivity contribution in [1.29, 1.82) is 0 Å². The number of ketones is 1. The molecule has 0 bridgehead atoms. The van der Waals surface area contributed by atoms with Crippen LogP contribution in [0.5, 0.6) is 5.75 Å². The molecule has 0 radical (unpaired) electrons. The minimum absolute atomic E-state index is 0.0965. The van der Waals surface area contributed by atoms with E-state index in [1.807, 2.05) is 19.9 Å². The molecule has 1 aliphatic rings. The summed E-state index contributed by atoms with van der Waals surface area (Å²) in [6, 6.07) is 16.4. The molecule has 1 atom stereocenters. The third-order valence-corrected chi connectivity index (χ3v) is 5.85. The van der Waals surface area contributed by atoms with Crippen LogP contribution in [0, 0.1) is 6.92 Å². The Morgan fingerprint density at radius 3 is 2.33 bits per heavy atom. The van der Waals surface area contributed by atoms with E-state index >= 15 is 0 Å². The third-order valence-electron chi connectivity index (χ3n) is 5.85. The summed E-state index contributed by atoms with van der Waals surface area (Å²) in [5.74, 6) is -1.85. The summed E-state index contributed by atoms with van der Waals surface area (Å²) >= 11 is 0. The molecule has 1 amide bonds. The summed E-state index contributed by atoms with van der Waals surface area (Å²) in [5.41, 5.74) is 0.327. The SMILES string of the molecule is CCCOc1ccc(/C(O)=C2\C(=O)C(=O)N(c3cccc(C(F)(F)F)c3)C2c2cccc(C)c2)cc1. The Labute approximate surface area is 206 Å². The van der Waals surface area contributed by atoms with Gasteiger partial charge in [-0.3, -0.25) is 14.5 Å². The molecule has 36 heavy (non-hydrogen) atoms. The van der Waals surface area contributed by atoms with Gasteiger partial charge >= 0.3 is 6.18 Å². The molecule has 1 fully saturated rings. The van der Waals surface area contributed by atoms with Crippen molar-refractivity contribution >= 4 is 23.1 Å². The second kappa shape index (κ2) is 9.89. The van der Waals surface area contributed by atoms with E-state index in [1.165, 1.54) is 12.1 Å². The van der Waals surface area contributed by atoms with Gasteiger partial charge in [0.15, 0.2) is 0 Å². The van der Waals surface area contributed by atoms with E-state index in [4.69, 9.17) is 4.74 Å². The molecule has 3 aromatic rings. The van der Waals surface area contributed by atoms with E-state index in [-0.39, 0.29) is 16.8 Å². The molecule has 1 N–H and O–H groups in total. The van der Waals surface area contributed by atoms with Crippen molar-refractivity contribution in [3.05, 3.63) is 101 Å². The number of carbonyl (C=O) groups excluding carboxylic acids is 2. The molecule has 0 spiro atoms. The van der Waals surface area contributed by atoms with Crippen molar-refractivity contribution in [3.63, 3.8) is 0 Å². The number of rotatable bonds is 6. The molecule has 0 aliphatic carbocycles. The average molecular weight is 495 g/mol. The van der Waals surface area contributed by atoms with E-state index in [1.54, 1.807) is 42.5 Å². The van der Waals surface area contributed by atoms with Crippen LogP contribution >= 0.6 is 0 Å². The van der Waals surface area contributed by atoms with E-state index in [2.05, 4.69) is 0 Å². The maximum Gasteiger partial charge on any atom is 0.416 e. The van der Waals surface area contributed by atoms with E-state index in [9.17, 15) is 27.9 Å². The molecule has 1 heterocycles. The van der Waals surface area contributed by atoms with Crippen LogP contribution in [0.3, 0.4) is 0 Å². The Morgan fingerprint density at radius 1 is 1.00 bits per heavy atom. The standard InChI is InChI=1S/C28H24F3NO4/c1-3-14-36-22-12-10-18(11-13-22)25(33)23-24(19-7-4-6-17(2)15-19)32(27(35)26(23)34)21-9-5-8-20(16-21)28(29,30)31/h4-13,15-16,24,33H,3,14H2,1-2H3/b25-23+. The number of ether oxygens (including phenoxy) is 1. The van der Waals surface area contributed by atoms with Crippen LogP contribution in [0.25, 0.3) is 5.76 Å². The maximum atomic E-state index is 13.4. The average Bonchev–Trinajstić information content (AvgIpc) is 3.12. The number of Topliss-reactive ketones (excluding diaryl/α,β-unsaturated/α-hetero) is 1. The summed E-state index contributed by atoms with van der Waals surface area (Å²) in [7, 11) is 0. The lowest BCUT2D eigenvalue weighted by molar-refractivity contribution is -0.137. The zero-order chi connectivity index (χ0) is 26.0. The second-order valence-corrected chi connectivity index (χ2v) is 8.50. The first-order valence-electron chi connectivity index (χ1n) is 11.4. The van der Waals surface area contributed by atoms with E-state index in [0.717, 1.165) is 29.0 Å². The number of aliphatic hydroxyl groups is 1. The summed E-state index contributed by atoms with van der Waals surface area (Å²) in [5, 5.41) is 11.2. The topological polar surface area (TPSA) is 66.8 Å². The highest BCUT2D eigenvalue weighted by molar-refractivity contribution is 6.51. The first kappa shape index (κ1) is 25.0. The number of nitrogens with zero attached hydrogens (tertiary/aromatic N) is 1. The molecule has 3 aromatic carbocycles. The molecular formula is C28H24F3NO4. The van der Waals surface area contributed by atoms with Gasteiger partial charge in [0.25, 0.3) is 11.7 Å². The Bertz CT molecular complexity index is 1330. The van der Waals surface area contributed by atoms with Crippen molar-refractivity contribution in [2.45, 2.75) is 32.5 Å². The number of aryl methyl sites for hydroxylation is 1. The van der Waals surface area contributed by atoms with Crippen LogP contribution in [0.15, 0.2) is 78.4 Å². The largest absolute Gasteiger partial charge is 0.507 e. The van der Waals surface area contributed by atoms with Crippen molar-refractivity contribution in [2.24, 2.45) is 0 Å². The minimum Gasteiger partial charge on any atom is -0.507 e. The molecule has 0 saturated carbocycles. The Balaban J connectivity index is 1.87. The lowest BCUT2D eigenvalue weighted by Gasteiger charge is -2.26. The van der Waals surface area contributed by atoms with Gasteiger partial charge in [-0.1, -0.05) is 42.8 Å². The highest BCUT2D eigenvalue weighted by Crippen LogP contribution is 2.43. The predicted octanol–water partition coefficient (Wildman–Crippen LogP) is 6.43. The molecule has 5 nitrogen and oxygen atoms in total. The zero-order valence-corrected chi connectivity index (χ0v) is 19.7. The number of hydrogen-bond acceptors (Lipinski definition) is 4. The molecule has 1 aliphatic heterocycles. The molecule has 1 saturated heterocycles. The molecule has 186 valence electrons. The third kappa shape index (κ3) is 4.84. The quantitative estimate of drug-likeness (QED) is 0.243. The molecule has 0 aromatic heterocycles. The number of anilines is 1. The smallest absolute Gasteiger partial charge is 0.416 e. The Kier molecular flexibility index (Phi) is 6.88. The van der Waals surface area contributed by atoms with Crippen LogP contribution < -0.4 is 9.64 Å². The summed E-state index contributed by atoms with van der Waals surface area (Å²) in [4.78, 5) is 27.4. The normalized spacial score (nSPS) is 17.5. The number of halogens is 3. The van der Waals surface area contributed by atoms with E-state index in [0.29, 0.717) is 17.9 Å². The van der Waals surface area contributed by atoms with Crippen LogP contribution in [-0.4, -0.2) is 23.4 Å².